The van der Waals surface area contributed by atoms with Crippen LogP contribution in [0.2, 0.25) is 0 Å². The smallest absolute Gasteiger partial charge is 0.115 e. The van der Waals surface area contributed by atoms with Crippen molar-refractivity contribution in [3.63, 3.8) is 0 Å². The molecule has 0 aliphatic heterocycles. The van der Waals surface area contributed by atoms with Crippen LogP contribution in [-0.4, -0.2) is 27.0 Å². The van der Waals surface area contributed by atoms with Crippen molar-refractivity contribution in [3.8, 4) is 5.75 Å². The Morgan fingerprint density at radius 2 is 2.26 bits per heavy atom. The summed E-state index contributed by atoms with van der Waals surface area (Å²) in [5, 5.41) is 9.63. The van der Waals surface area contributed by atoms with Crippen LogP contribution in [0.1, 0.15) is 30.9 Å². The molecule has 104 valence electrons. The molecule has 0 saturated carbocycles. The van der Waals surface area contributed by atoms with Gasteiger partial charge in [-0.25, -0.2) is 0 Å². The van der Waals surface area contributed by atoms with Gasteiger partial charge in [0.05, 0.1) is 0 Å². The molecule has 19 heavy (non-hydrogen) atoms. The van der Waals surface area contributed by atoms with Gasteiger partial charge in [0.2, 0.25) is 0 Å². The molecule has 3 heteroatoms. The van der Waals surface area contributed by atoms with Crippen molar-refractivity contribution in [2.45, 2.75) is 38.6 Å². The standard InChI is InChI=1S/C16H22INO/c1-2-9-18(10-3-8-17)15-6-4-13-5-7-16(19)12-14(13)11-15/h3,5,7,10,12,15,19H,2,4,6,8-9,11H2,1H3. The third-order valence-corrected chi connectivity index (χ3v) is 4.24. The second-order valence-electron chi connectivity index (χ2n) is 5.13. The molecule has 1 aliphatic carbocycles. The lowest BCUT2D eigenvalue weighted by Crippen LogP contribution is -2.36. The molecular weight excluding hydrogens is 349 g/mol. The van der Waals surface area contributed by atoms with Gasteiger partial charge in [-0.3, -0.25) is 0 Å². The Hall–Kier alpha value is -0.710. The first kappa shape index (κ1) is 14.7. The van der Waals surface area contributed by atoms with E-state index in [1.807, 2.05) is 6.07 Å². The molecule has 0 aromatic heterocycles. The largest absolute Gasteiger partial charge is 0.508 e. The van der Waals surface area contributed by atoms with E-state index in [1.165, 1.54) is 24.0 Å². The van der Waals surface area contributed by atoms with Gasteiger partial charge in [0.15, 0.2) is 0 Å². The molecule has 2 nitrogen and oxygen atoms in total. The van der Waals surface area contributed by atoms with Gasteiger partial charge in [-0.2, -0.15) is 0 Å². The zero-order valence-corrected chi connectivity index (χ0v) is 13.6. The molecule has 1 aliphatic rings. The van der Waals surface area contributed by atoms with Gasteiger partial charge in [0.25, 0.3) is 0 Å². The normalized spacial score (nSPS) is 18.5. The SMILES string of the molecule is CCCN(C=CCI)C1CCc2ccc(O)cc2C1. The average Bonchev–Trinajstić information content (AvgIpc) is 2.42. The van der Waals surface area contributed by atoms with Gasteiger partial charge in [-0.15, -0.1) is 0 Å². The van der Waals surface area contributed by atoms with Crippen LogP contribution >= 0.6 is 22.6 Å². The van der Waals surface area contributed by atoms with Gasteiger partial charge in [0.1, 0.15) is 5.75 Å². The number of rotatable bonds is 5. The van der Waals surface area contributed by atoms with Crippen molar-refractivity contribution in [1.29, 1.82) is 0 Å². The van der Waals surface area contributed by atoms with E-state index >= 15 is 0 Å². The van der Waals surface area contributed by atoms with Crippen LogP contribution in [0.4, 0.5) is 0 Å². The third-order valence-electron chi connectivity index (χ3n) is 3.73. The fourth-order valence-corrected chi connectivity index (χ4v) is 3.05. The maximum atomic E-state index is 9.63. The summed E-state index contributed by atoms with van der Waals surface area (Å²) >= 11 is 2.38. The number of phenols is 1. The Morgan fingerprint density at radius 3 is 3.00 bits per heavy atom. The average molecular weight is 371 g/mol. The Morgan fingerprint density at radius 1 is 1.42 bits per heavy atom. The molecule has 0 saturated heterocycles. The Labute approximate surface area is 129 Å². The highest BCUT2D eigenvalue weighted by Gasteiger charge is 2.22. The zero-order valence-electron chi connectivity index (χ0n) is 11.5. The van der Waals surface area contributed by atoms with Gasteiger partial charge in [-0.1, -0.05) is 41.7 Å². The number of benzene rings is 1. The van der Waals surface area contributed by atoms with Gasteiger partial charge < -0.3 is 10.0 Å². The number of aromatic hydroxyl groups is 1. The molecule has 0 fully saturated rings. The van der Waals surface area contributed by atoms with Crippen molar-refractivity contribution < 1.29 is 5.11 Å². The quantitative estimate of drug-likeness (QED) is 0.627. The summed E-state index contributed by atoms with van der Waals surface area (Å²) in [4.78, 5) is 2.48. The van der Waals surface area contributed by atoms with Crippen LogP contribution in [0.15, 0.2) is 30.5 Å². The number of aryl methyl sites for hydroxylation is 1. The van der Waals surface area contributed by atoms with Crippen molar-refractivity contribution in [2.75, 3.05) is 11.0 Å². The summed E-state index contributed by atoms with van der Waals surface area (Å²) in [6.07, 6.45) is 9.05. The lowest BCUT2D eigenvalue weighted by atomic mass is 9.87. The molecule has 0 amide bonds. The number of phenolic OH excluding ortho intramolecular Hbond substituents is 1. The fourth-order valence-electron chi connectivity index (χ4n) is 2.82. The number of halogens is 1. The summed E-state index contributed by atoms with van der Waals surface area (Å²) in [5.74, 6) is 0.393. The molecule has 0 radical (unpaired) electrons. The minimum absolute atomic E-state index is 0.393. The predicted molar refractivity (Wildman–Crippen MR) is 88.9 cm³/mol. The maximum Gasteiger partial charge on any atom is 0.115 e. The van der Waals surface area contributed by atoms with Crippen molar-refractivity contribution in [2.24, 2.45) is 0 Å². The lowest BCUT2D eigenvalue weighted by molar-refractivity contribution is 0.252. The maximum absolute atomic E-state index is 9.63. The minimum Gasteiger partial charge on any atom is -0.508 e. The van der Waals surface area contributed by atoms with E-state index in [-0.39, 0.29) is 0 Å². The van der Waals surface area contributed by atoms with Gasteiger partial charge in [-0.05, 0) is 55.1 Å². The van der Waals surface area contributed by atoms with Crippen LogP contribution < -0.4 is 0 Å². The first-order chi connectivity index (χ1) is 9.24. The van der Waals surface area contributed by atoms with Crippen LogP contribution in [0.5, 0.6) is 5.75 Å². The molecule has 0 spiro atoms. The van der Waals surface area contributed by atoms with Crippen molar-refractivity contribution in [3.05, 3.63) is 41.6 Å². The van der Waals surface area contributed by atoms with Crippen LogP contribution in [0.3, 0.4) is 0 Å². The first-order valence-corrected chi connectivity index (χ1v) is 8.56. The van der Waals surface area contributed by atoms with E-state index in [2.05, 4.69) is 52.8 Å². The van der Waals surface area contributed by atoms with E-state index in [0.717, 1.165) is 23.8 Å². The predicted octanol–water partition coefficient (Wildman–Crippen LogP) is 3.91. The summed E-state index contributed by atoms with van der Waals surface area (Å²) in [6, 6.07) is 6.40. The lowest BCUT2D eigenvalue weighted by Gasteiger charge is -2.34. The highest BCUT2D eigenvalue weighted by Crippen LogP contribution is 2.27. The second kappa shape index (κ2) is 7.17. The molecular formula is C16H22INO. The number of hydrogen-bond acceptors (Lipinski definition) is 2. The monoisotopic (exact) mass is 371 g/mol. The Kier molecular flexibility index (Phi) is 5.55. The Bertz CT molecular complexity index is 444. The summed E-state index contributed by atoms with van der Waals surface area (Å²) < 4.78 is 1.06. The van der Waals surface area contributed by atoms with E-state index in [9.17, 15) is 5.11 Å². The molecule has 1 aromatic rings. The number of allylic oxidation sites excluding steroid dienone is 1. The van der Waals surface area contributed by atoms with Crippen LogP contribution in [0, 0.1) is 0 Å². The van der Waals surface area contributed by atoms with Crippen LogP contribution in [0.25, 0.3) is 0 Å². The number of nitrogens with zero attached hydrogens (tertiary/aromatic N) is 1. The zero-order chi connectivity index (χ0) is 13.7. The molecule has 1 atom stereocenters. The van der Waals surface area contributed by atoms with E-state index in [4.69, 9.17) is 0 Å². The second-order valence-corrected chi connectivity index (χ2v) is 6.01. The highest BCUT2D eigenvalue weighted by atomic mass is 127. The summed E-state index contributed by atoms with van der Waals surface area (Å²) in [5.41, 5.74) is 2.73. The molecule has 1 unspecified atom stereocenters. The van der Waals surface area contributed by atoms with Crippen molar-refractivity contribution in [1.82, 2.24) is 4.90 Å². The number of fused-ring (bicyclic) bond motifs is 1. The van der Waals surface area contributed by atoms with Crippen molar-refractivity contribution >= 4 is 22.6 Å². The minimum atomic E-state index is 0.393. The number of alkyl halides is 1. The fraction of sp³-hybridized carbons (Fsp3) is 0.500. The van der Waals surface area contributed by atoms with Gasteiger partial charge in [0, 0.05) is 17.0 Å². The summed E-state index contributed by atoms with van der Waals surface area (Å²) in [7, 11) is 0. The molecule has 0 bridgehead atoms. The molecule has 1 N–H and O–H groups in total. The Balaban J connectivity index is 2.12. The highest BCUT2D eigenvalue weighted by molar-refractivity contribution is 14.1. The van der Waals surface area contributed by atoms with Crippen LogP contribution in [-0.2, 0) is 12.8 Å². The molecule has 1 aromatic carbocycles. The summed E-state index contributed by atoms with van der Waals surface area (Å²) in [6.45, 7) is 3.35. The number of hydrogen-bond donors (Lipinski definition) is 1. The van der Waals surface area contributed by atoms with Gasteiger partial charge >= 0.3 is 0 Å². The molecule has 0 heterocycles. The molecule has 2 rings (SSSR count). The first-order valence-electron chi connectivity index (χ1n) is 7.03. The van der Waals surface area contributed by atoms with E-state index in [0.29, 0.717) is 11.8 Å². The van der Waals surface area contributed by atoms with E-state index < -0.39 is 0 Å². The topological polar surface area (TPSA) is 23.5 Å². The third kappa shape index (κ3) is 3.88. The van der Waals surface area contributed by atoms with E-state index in [1.54, 1.807) is 6.07 Å².